The highest BCUT2D eigenvalue weighted by molar-refractivity contribution is 7.00. The third-order valence-corrected chi connectivity index (χ3v) is 19.0. The average molecular weight is 1200 g/mol. The Morgan fingerprint density at radius 3 is 1.46 bits per heavy atom. The fraction of sp³-hybridized carbons (Fsp3) is 0.140. The highest BCUT2D eigenvalue weighted by atomic mass is 15.2. The van der Waals surface area contributed by atoms with E-state index < -0.39 is 54.4 Å². The molecule has 0 amide bonds. The largest absolute Gasteiger partial charge is 0.311 e. The lowest BCUT2D eigenvalue weighted by Crippen LogP contribution is -2.61. The minimum Gasteiger partial charge on any atom is -0.311 e. The Balaban J connectivity index is 1.07. The molecule has 14 aromatic rings. The predicted octanol–water partition coefficient (Wildman–Crippen LogP) is 20.6. The standard InChI is InChI=1S/C86H69BN6/c1-84(2,3)62-42-61(43-63(47-62)85(4,5)6)57-34-37-72-79(46-57)92(67-44-59(55-22-12-10-13-23-55)41-60(45-67)56-24-14-11-15-25-56)81-48-64(86(7,8)9)49-82-83(81)87(72)73-38-36-66(91-76-31-21-18-28-70(76)71-40-54(52-88)32-39-77(71)91)51-80(73)93(82)78-50-65(35-33-58(78)53-89)90-74-29-19-16-26-68(74)69-27-17-20-30-75(69)90/h10-51H,1-9H3/i18D,21D,28D,31D,32D,39D,40D. The fourth-order valence-corrected chi connectivity index (χ4v) is 14.2. The van der Waals surface area contributed by atoms with Gasteiger partial charge in [0.1, 0.15) is 6.07 Å². The monoisotopic (exact) mass is 1200 g/mol. The van der Waals surface area contributed by atoms with Crippen molar-refractivity contribution in [2.45, 2.75) is 78.6 Å². The highest BCUT2D eigenvalue weighted by Gasteiger charge is 2.45. The van der Waals surface area contributed by atoms with Gasteiger partial charge in [0, 0.05) is 61.4 Å². The van der Waals surface area contributed by atoms with Gasteiger partial charge in [-0.2, -0.15) is 10.5 Å². The zero-order valence-electron chi connectivity index (χ0n) is 60.5. The van der Waals surface area contributed by atoms with E-state index in [0.29, 0.717) is 22.6 Å². The maximum atomic E-state index is 11.8. The minimum absolute atomic E-state index is 0.00693. The maximum Gasteiger partial charge on any atom is 0.252 e. The summed E-state index contributed by atoms with van der Waals surface area (Å²) in [6, 6.07) is 76.5. The lowest BCUT2D eigenvalue weighted by molar-refractivity contribution is 0.569. The SMILES string of the molecule is [2H]c1c([2H])c([2H])c2c(c1[2H])c1c([2H])c(C#N)c([2H])c([2H])c1n2-c1ccc2c(c1)N(c1cc(-n3c4ccccc4c4ccccc43)ccc1C#N)c1cc(C(C)(C)C)cc3c1B2c1ccc(-c2cc(C(C)(C)C)cc(C(C)(C)C)c2)cc1N3c1cc(-c2ccccc2)cc(-c2ccccc2)c1. The van der Waals surface area contributed by atoms with E-state index in [1.54, 1.807) is 4.57 Å². The second kappa shape index (κ2) is 21.2. The smallest absolute Gasteiger partial charge is 0.252 e. The molecule has 7 heteroatoms. The minimum atomic E-state index is -0.533. The number of hydrogen-bond donors (Lipinski definition) is 0. The van der Waals surface area contributed by atoms with Gasteiger partial charge in [-0.25, -0.2) is 0 Å². The highest BCUT2D eigenvalue weighted by Crippen LogP contribution is 2.50. The molecule has 0 spiro atoms. The number of para-hydroxylation sites is 3. The molecule has 93 heavy (non-hydrogen) atoms. The first-order valence-electron chi connectivity index (χ1n) is 35.3. The quantitative estimate of drug-likeness (QED) is 0.149. The van der Waals surface area contributed by atoms with Crippen LogP contribution in [0.2, 0.25) is 0 Å². The van der Waals surface area contributed by atoms with E-state index in [4.69, 9.17) is 2.74 Å². The average Bonchev–Trinajstić information content (AvgIpc) is 0.811. The number of nitrogens with zero attached hydrogens (tertiary/aromatic N) is 6. The van der Waals surface area contributed by atoms with Crippen molar-refractivity contribution in [1.82, 2.24) is 9.13 Å². The van der Waals surface area contributed by atoms with Gasteiger partial charge in [-0.05, 0) is 186 Å². The topological polar surface area (TPSA) is 63.9 Å². The van der Waals surface area contributed by atoms with Crippen molar-refractivity contribution in [3.63, 3.8) is 0 Å². The molecular weight excluding hydrogens is 1130 g/mol. The van der Waals surface area contributed by atoms with Crippen LogP contribution in [-0.2, 0) is 16.2 Å². The molecule has 0 fully saturated rings. The molecule has 4 heterocycles. The van der Waals surface area contributed by atoms with Crippen molar-refractivity contribution < 1.29 is 9.60 Å². The number of nitriles is 2. The zero-order chi connectivity index (χ0) is 69.9. The number of benzene rings is 12. The van der Waals surface area contributed by atoms with Crippen LogP contribution in [0.3, 0.4) is 0 Å². The van der Waals surface area contributed by atoms with Crippen molar-refractivity contribution in [2.75, 3.05) is 9.80 Å². The van der Waals surface area contributed by atoms with Gasteiger partial charge in [0.05, 0.1) is 54.5 Å². The second-order valence-electron chi connectivity index (χ2n) is 27.9. The summed E-state index contributed by atoms with van der Waals surface area (Å²) in [4.78, 5) is 4.66. The van der Waals surface area contributed by atoms with E-state index in [2.05, 4.69) is 234 Å². The van der Waals surface area contributed by atoms with Crippen molar-refractivity contribution >= 4 is 101 Å². The first-order chi connectivity index (χ1) is 47.8. The third-order valence-electron chi connectivity index (χ3n) is 19.0. The van der Waals surface area contributed by atoms with E-state index in [-0.39, 0.29) is 38.2 Å². The van der Waals surface area contributed by atoms with E-state index in [0.717, 1.165) is 106 Å². The van der Waals surface area contributed by atoms with Crippen molar-refractivity contribution in [3.05, 3.63) is 282 Å². The normalized spacial score (nSPS) is 14.0. The molecule has 0 bridgehead atoms. The molecule has 0 aliphatic carbocycles. The van der Waals surface area contributed by atoms with E-state index >= 15 is 0 Å². The van der Waals surface area contributed by atoms with Crippen LogP contribution in [0.1, 0.15) is 99.7 Å². The molecule has 2 aliphatic rings. The van der Waals surface area contributed by atoms with Crippen LogP contribution in [0.25, 0.3) is 88.4 Å². The van der Waals surface area contributed by atoms with Crippen molar-refractivity contribution in [2.24, 2.45) is 0 Å². The molecule has 0 unspecified atom stereocenters. The van der Waals surface area contributed by atoms with Gasteiger partial charge in [0.25, 0.3) is 6.71 Å². The number of fused-ring (bicyclic) bond motifs is 10. The molecule has 0 atom stereocenters. The summed E-state index contributed by atoms with van der Waals surface area (Å²) in [5.41, 5.74) is 19.8. The van der Waals surface area contributed by atoms with E-state index in [1.807, 2.05) is 66.7 Å². The molecule has 0 N–H and O–H groups in total. The Morgan fingerprint density at radius 2 is 0.860 bits per heavy atom. The molecule has 16 rings (SSSR count). The lowest BCUT2D eigenvalue weighted by atomic mass is 9.33. The molecule has 0 radical (unpaired) electrons. The van der Waals surface area contributed by atoms with Crippen molar-refractivity contribution in [1.29, 1.82) is 10.5 Å². The zero-order valence-corrected chi connectivity index (χ0v) is 53.5. The van der Waals surface area contributed by atoms with Crippen LogP contribution >= 0.6 is 0 Å². The van der Waals surface area contributed by atoms with Gasteiger partial charge in [-0.3, -0.25) is 0 Å². The summed E-state index contributed by atoms with van der Waals surface area (Å²) >= 11 is 0. The summed E-state index contributed by atoms with van der Waals surface area (Å²) in [7, 11) is 0. The molecule has 0 saturated carbocycles. The summed E-state index contributed by atoms with van der Waals surface area (Å²) in [6.07, 6.45) is 0. The Labute approximate surface area is 555 Å². The third kappa shape index (κ3) is 9.36. The van der Waals surface area contributed by atoms with Gasteiger partial charge in [-0.1, -0.05) is 214 Å². The lowest BCUT2D eigenvalue weighted by Gasteiger charge is -2.45. The number of hydrogen-bond acceptors (Lipinski definition) is 4. The second-order valence-corrected chi connectivity index (χ2v) is 27.9. The Bertz CT molecular complexity index is 5800. The molecule has 2 aliphatic heterocycles. The van der Waals surface area contributed by atoms with E-state index in [9.17, 15) is 17.4 Å². The van der Waals surface area contributed by atoms with Crippen LogP contribution in [-0.4, -0.2) is 15.8 Å². The first kappa shape index (κ1) is 49.6. The molecule has 446 valence electrons. The van der Waals surface area contributed by atoms with E-state index in [1.165, 1.54) is 11.1 Å². The molecule has 0 saturated heterocycles. The predicted molar refractivity (Wildman–Crippen MR) is 391 cm³/mol. The van der Waals surface area contributed by atoms with Gasteiger partial charge < -0.3 is 18.9 Å². The molecule has 12 aromatic carbocycles. The fourth-order valence-electron chi connectivity index (χ4n) is 14.2. The molecule has 6 nitrogen and oxygen atoms in total. The summed E-state index contributed by atoms with van der Waals surface area (Å²) in [5, 5.41) is 24.3. The van der Waals surface area contributed by atoms with Crippen LogP contribution in [0.5, 0.6) is 0 Å². The molecule has 2 aromatic heterocycles. The first-order valence-corrected chi connectivity index (χ1v) is 31.8. The Kier molecular flexibility index (Phi) is 11.3. The maximum absolute atomic E-state index is 11.8. The van der Waals surface area contributed by atoms with Gasteiger partial charge in [0.2, 0.25) is 0 Å². The number of aromatic nitrogens is 2. The summed E-state index contributed by atoms with van der Waals surface area (Å²) in [5.74, 6) is 0. The van der Waals surface area contributed by atoms with Crippen LogP contribution < -0.4 is 26.2 Å². The van der Waals surface area contributed by atoms with Crippen molar-refractivity contribution in [3.8, 4) is 56.9 Å². The van der Waals surface area contributed by atoms with Crippen LogP contribution in [0.15, 0.2) is 255 Å². The summed E-state index contributed by atoms with van der Waals surface area (Å²) in [6.45, 7) is 19.8. The number of rotatable bonds is 7. The Hall–Kier alpha value is -11.1. The van der Waals surface area contributed by atoms with Crippen LogP contribution in [0, 0.1) is 22.7 Å². The number of anilines is 6. The van der Waals surface area contributed by atoms with Crippen LogP contribution in [0.4, 0.5) is 34.1 Å². The molecular formula is C86H69BN6. The van der Waals surface area contributed by atoms with Gasteiger partial charge >= 0.3 is 0 Å². The van der Waals surface area contributed by atoms with Gasteiger partial charge in [0.15, 0.2) is 0 Å². The van der Waals surface area contributed by atoms with Gasteiger partial charge in [-0.15, -0.1) is 0 Å². The Morgan fingerprint density at radius 1 is 0.355 bits per heavy atom. The summed E-state index contributed by atoms with van der Waals surface area (Å²) < 4.78 is 69.6.